The summed E-state index contributed by atoms with van der Waals surface area (Å²) in [5.41, 5.74) is 0.883. The van der Waals surface area contributed by atoms with Gasteiger partial charge >= 0.3 is 5.97 Å². The second-order valence-corrected chi connectivity index (χ2v) is 6.06. The largest absolute Gasteiger partial charge is 0.497 e. The van der Waals surface area contributed by atoms with Crippen molar-refractivity contribution in [2.75, 3.05) is 27.9 Å². The van der Waals surface area contributed by atoms with Crippen LogP contribution in [0.25, 0.3) is 0 Å². The molecular weight excluding hydrogens is 320 g/mol. The molecule has 1 atom stereocenters. The number of esters is 1. The number of unbranched alkanes of at least 4 members (excludes halogenated alkanes) is 3. The topological polar surface area (TPSA) is 54.0 Å². The molecule has 1 rings (SSSR count). The van der Waals surface area contributed by atoms with E-state index >= 15 is 0 Å². The Bertz CT molecular complexity index is 527. The highest BCUT2D eigenvalue weighted by Crippen LogP contribution is 2.37. The van der Waals surface area contributed by atoms with Crippen LogP contribution < -0.4 is 14.2 Å². The molecule has 25 heavy (non-hydrogen) atoms. The summed E-state index contributed by atoms with van der Waals surface area (Å²) in [5, 5.41) is 0. The number of rotatable bonds is 12. The van der Waals surface area contributed by atoms with Crippen molar-refractivity contribution in [2.45, 2.75) is 52.4 Å². The van der Waals surface area contributed by atoms with Crippen LogP contribution in [0.4, 0.5) is 0 Å². The predicted molar refractivity (Wildman–Crippen MR) is 98.7 cm³/mol. The van der Waals surface area contributed by atoms with Gasteiger partial charge in [0.15, 0.2) is 11.5 Å². The molecule has 0 aliphatic carbocycles. The summed E-state index contributed by atoms with van der Waals surface area (Å²) in [5.74, 6) is 1.55. The maximum absolute atomic E-state index is 12.4. The number of carbonyl (C=O) groups excluding carboxylic acids is 1. The van der Waals surface area contributed by atoms with Crippen molar-refractivity contribution in [3.05, 3.63) is 17.7 Å². The van der Waals surface area contributed by atoms with Gasteiger partial charge in [-0.15, -0.1) is 0 Å². The van der Waals surface area contributed by atoms with E-state index < -0.39 is 0 Å². The van der Waals surface area contributed by atoms with Gasteiger partial charge < -0.3 is 18.9 Å². The van der Waals surface area contributed by atoms with E-state index in [9.17, 15) is 4.79 Å². The third-order valence-electron chi connectivity index (χ3n) is 4.30. The Morgan fingerprint density at radius 1 is 1.00 bits per heavy atom. The molecule has 1 aromatic carbocycles. The number of hydrogen-bond donors (Lipinski definition) is 0. The van der Waals surface area contributed by atoms with Crippen LogP contribution in [-0.4, -0.2) is 33.9 Å². The molecular formula is C20H32O5. The Hall–Kier alpha value is -1.91. The van der Waals surface area contributed by atoms with Gasteiger partial charge in [-0.2, -0.15) is 0 Å². The van der Waals surface area contributed by atoms with Gasteiger partial charge in [-0.05, 0) is 25.3 Å². The molecule has 0 saturated heterocycles. The highest BCUT2D eigenvalue weighted by molar-refractivity contribution is 5.73. The van der Waals surface area contributed by atoms with Gasteiger partial charge in [0, 0.05) is 11.6 Å². The SMILES string of the molecule is CCCCCCOC(=O)C(CC)Cc1cc(OC)cc(OC)c1OC. The molecule has 1 unspecified atom stereocenters. The highest BCUT2D eigenvalue weighted by Gasteiger charge is 2.22. The summed E-state index contributed by atoms with van der Waals surface area (Å²) < 4.78 is 21.6. The van der Waals surface area contributed by atoms with Gasteiger partial charge in [0.2, 0.25) is 0 Å². The van der Waals surface area contributed by atoms with E-state index in [1.54, 1.807) is 27.4 Å². The van der Waals surface area contributed by atoms with E-state index in [4.69, 9.17) is 18.9 Å². The van der Waals surface area contributed by atoms with Crippen LogP contribution in [-0.2, 0) is 16.0 Å². The molecule has 0 N–H and O–H groups in total. The maximum Gasteiger partial charge on any atom is 0.309 e. The molecule has 142 valence electrons. The van der Waals surface area contributed by atoms with Crippen LogP contribution in [0.2, 0.25) is 0 Å². The smallest absolute Gasteiger partial charge is 0.309 e. The average Bonchev–Trinajstić information content (AvgIpc) is 2.64. The number of methoxy groups -OCH3 is 3. The first-order valence-corrected chi connectivity index (χ1v) is 9.06. The molecule has 0 heterocycles. The van der Waals surface area contributed by atoms with Crippen LogP contribution >= 0.6 is 0 Å². The van der Waals surface area contributed by atoms with E-state index in [2.05, 4.69) is 6.92 Å². The number of benzene rings is 1. The number of ether oxygens (including phenoxy) is 4. The van der Waals surface area contributed by atoms with Gasteiger partial charge in [0.05, 0.1) is 33.9 Å². The summed E-state index contributed by atoms with van der Waals surface area (Å²) in [7, 11) is 4.79. The minimum Gasteiger partial charge on any atom is -0.497 e. The molecule has 0 radical (unpaired) electrons. The van der Waals surface area contributed by atoms with E-state index in [1.165, 1.54) is 12.8 Å². The molecule has 0 aliphatic heterocycles. The number of carbonyl (C=O) groups is 1. The Morgan fingerprint density at radius 2 is 1.76 bits per heavy atom. The maximum atomic E-state index is 12.4. The van der Waals surface area contributed by atoms with E-state index in [0.717, 1.165) is 18.4 Å². The minimum atomic E-state index is -0.211. The molecule has 1 aromatic rings. The first kappa shape index (κ1) is 21.1. The molecule has 0 aliphatic rings. The van der Waals surface area contributed by atoms with E-state index in [0.29, 0.717) is 36.7 Å². The summed E-state index contributed by atoms with van der Waals surface area (Å²) in [6.45, 7) is 4.65. The first-order valence-electron chi connectivity index (χ1n) is 9.06. The number of hydrogen-bond acceptors (Lipinski definition) is 5. The van der Waals surface area contributed by atoms with Gasteiger partial charge in [-0.3, -0.25) is 4.79 Å². The fourth-order valence-corrected chi connectivity index (χ4v) is 2.76. The lowest BCUT2D eigenvalue weighted by Crippen LogP contribution is -2.20. The van der Waals surface area contributed by atoms with Gasteiger partial charge in [-0.1, -0.05) is 33.1 Å². The van der Waals surface area contributed by atoms with Crippen LogP contribution in [0.5, 0.6) is 17.2 Å². The van der Waals surface area contributed by atoms with Crippen molar-refractivity contribution in [1.29, 1.82) is 0 Å². The third-order valence-corrected chi connectivity index (χ3v) is 4.30. The summed E-state index contributed by atoms with van der Waals surface area (Å²) >= 11 is 0. The molecule has 5 heteroatoms. The van der Waals surface area contributed by atoms with Crippen molar-refractivity contribution in [3.63, 3.8) is 0 Å². The molecule has 0 spiro atoms. The molecule has 0 bridgehead atoms. The third kappa shape index (κ3) is 6.48. The van der Waals surface area contributed by atoms with Crippen LogP contribution in [0, 0.1) is 5.92 Å². The van der Waals surface area contributed by atoms with E-state index in [1.807, 2.05) is 13.0 Å². The normalized spacial score (nSPS) is 11.7. The van der Waals surface area contributed by atoms with Crippen molar-refractivity contribution in [2.24, 2.45) is 5.92 Å². The molecule has 0 saturated carbocycles. The zero-order chi connectivity index (χ0) is 18.7. The molecule has 0 amide bonds. The monoisotopic (exact) mass is 352 g/mol. The second-order valence-electron chi connectivity index (χ2n) is 6.06. The molecule has 0 fully saturated rings. The Labute approximate surface area is 151 Å². The summed E-state index contributed by atoms with van der Waals surface area (Å²) in [6, 6.07) is 3.66. The minimum absolute atomic E-state index is 0.150. The Balaban J connectivity index is 2.80. The van der Waals surface area contributed by atoms with Crippen LogP contribution in [0.3, 0.4) is 0 Å². The molecule has 5 nitrogen and oxygen atoms in total. The van der Waals surface area contributed by atoms with E-state index in [-0.39, 0.29) is 11.9 Å². The second kappa shape index (κ2) is 11.6. The quantitative estimate of drug-likeness (QED) is 0.412. The lowest BCUT2D eigenvalue weighted by Gasteiger charge is -2.18. The fourth-order valence-electron chi connectivity index (χ4n) is 2.76. The summed E-state index contributed by atoms with van der Waals surface area (Å²) in [6.07, 6.45) is 5.60. The van der Waals surface area contributed by atoms with Crippen LogP contribution in [0.15, 0.2) is 12.1 Å². The van der Waals surface area contributed by atoms with Crippen LogP contribution in [0.1, 0.15) is 51.5 Å². The van der Waals surface area contributed by atoms with Crippen molar-refractivity contribution in [1.82, 2.24) is 0 Å². The Kier molecular flexibility index (Phi) is 9.81. The lowest BCUT2D eigenvalue weighted by atomic mass is 9.96. The van der Waals surface area contributed by atoms with Gasteiger partial charge in [-0.25, -0.2) is 0 Å². The van der Waals surface area contributed by atoms with Crippen molar-refractivity contribution >= 4 is 5.97 Å². The fraction of sp³-hybridized carbons (Fsp3) is 0.650. The zero-order valence-electron chi connectivity index (χ0n) is 16.2. The van der Waals surface area contributed by atoms with Gasteiger partial charge in [0.25, 0.3) is 0 Å². The standard InChI is InChI=1S/C20H32O5/c1-6-8-9-10-11-25-20(21)15(7-2)12-16-13-17(22-3)14-18(23-4)19(16)24-5/h13-15H,6-12H2,1-5H3. The molecule has 0 aromatic heterocycles. The van der Waals surface area contributed by atoms with Crippen molar-refractivity contribution in [3.8, 4) is 17.2 Å². The van der Waals surface area contributed by atoms with Gasteiger partial charge in [0.1, 0.15) is 5.75 Å². The zero-order valence-corrected chi connectivity index (χ0v) is 16.2. The summed E-state index contributed by atoms with van der Waals surface area (Å²) in [4.78, 5) is 12.4. The highest BCUT2D eigenvalue weighted by atomic mass is 16.5. The predicted octanol–water partition coefficient (Wildman–Crippen LogP) is 4.40. The average molecular weight is 352 g/mol. The van der Waals surface area contributed by atoms with Crippen molar-refractivity contribution < 1.29 is 23.7 Å². The lowest BCUT2D eigenvalue weighted by molar-refractivity contribution is -0.148. The first-order chi connectivity index (χ1) is 12.1. The Morgan fingerprint density at radius 3 is 2.32 bits per heavy atom.